The summed E-state index contributed by atoms with van der Waals surface area (Å²) in [4.78, 5) is 5.65. The largest absolute Gasteiger partial charge is 0.311 e. The maximum absolute atomic E-state index is 12.5. The summed E-state index contributed by atoms with van der Waals surface area (Å²) < 4.78 is 28.7. The molecule has 0 spiro atoms. The Labute approximate surface area is 143 Å². The van der Waals surface area contributed by atoms with E-state index in [-0.39, 0.29) is 4.90 Å². The van der Waals surface area contributed by atoms with Crippen molar-refractivity contribution in [2.45, 2.75) is 17.9 Å². The summed E-state index contributed by atoms with van der Waals surface area (Å²) >= 11 is 7.93. The molecule has 2 heterocycles. The Morgan fingerprint density at radius 2 is 2.14 bits per heavy atom. The van der Waals surface area contributed by atoms with Crippen LogP contribution in [0.25, 0.3) is 0 Å². The van der Waals surface area contributed by atoms with Crippen molar-refractivity contribution in [2.24, 2.45) is 0 Å². The van der Waals surface area contributed by atoms with Crippen LogP contribution in [0.5, 0.6) is 0 Å². The van der Waals surface area contributed by atoms with Crippen LogP contribution in [-0.4, -0.2) is 19.9 Å². The summed E-state index contributed by atoms with van der Waals surface area (Å²) in [5.74, 6) is 0. The molecule has 0 aliphatic carbocycles. The van der Waals surface area contributed by atoms with Crippen LogP contribution in [0.15, 0.2) is 32.0 Å². The summed E-state index contributed by atoms with van der Waals surface area (Å²) in [7, 11) is -3.67. The Hall–Kier alpha value is -0.480. The number of rotatable bonds is 3. The quantitative estimate of drug-likeness (QED) is 0.750. The standard InChI is InChI=1S/C12H11Br2N3O2S2/c13-7-1-2-8(14)11(5-7)21(18,19)17-12-16-9-3-4-15-6-10(9)20-12/h1-2,5,15H,3-4,6H2,(H,16,17). The van der Waals surface area contributed by atoms with Crippen molar-refractivity contribution >= 4 is 58.4 Å². The first kappa shape index (κ1) is 15.4. The highest BCUT2D eigenvalue weighted by atomic mass is 79.9. The highest BCUT2D eigenvalue weighted by Gasteiger charge is 2.22. The molecule has 0 unspecified atom stereocenters. The molecule has 1 aromatic carbocycles. The number of sulfonamides is 1. The van der Waals surface area contributed by atoms with Crippen molar-refractivity contribution in [1.82, 2.24) is 10.3 Å². The van der Waals surface area contributed by atoms with Crippen molar-refractivity contribution in [3.05, 3.63) is 37.7 Å². The number of aromatic nitrogens is 1. The van der Waals surface area contributed by atoms with Gasteiger partial charge in [-0.3, -0.25) is 4.72 Å². The number of fused-ring (bicyclic) bond motifs is 1. The van der Waals surface area contributed by atoms with Crippen LogP contribution < -0.4 is 10.0 Å². The van der Waals surface area contributed by atoms with Crippen molar-refractivity contribution in [3.63, 3.8) is 0 Å². The first-order chi connectivity index (χ1) is 9.95. The van der Waals surface area contributed by atoms with Crippen LogP contribution in [0.2, 0.25) is 0 Å². The molecule has 0 amide bonds. The van der Waals surface area contributed by atoms with Crippen LogP contribution in [-0.2, 0) is 23.0 Å². The lowest BCUT2D eigenvalue weighted by molar-refractivity contribution is 0.600. The molecule has 0 radical (unpaired) electrons. The number of nitrogens with zero attached hydrogens (tertiary/aromatic N) is 1. The number of thiazole rings is 1. The number of nitrogens with one attached hydrogen (secondary N) is 2. The Morgan fingerprint density at radius 1 is 1.33 bits per heavy atom. The van der Waals surface area contributed by atoms with Gasteiger partial charge >= 0.3 is 0 Å². The maximum atomic E-state index is 12.5. The van der Waals surface area contributed by atoms with E-state index in [0.29, 0.717) is 14.1 Å². The van der Waals surface area contributed by atoms with Gasteiger partial charge in [-0.05, 0) is 34.1 Å². The molecule has 1 aliphatic rings. The van der Waals surface area contributed by atoms with Gasteiger partial charge in [0, 0.05) is 33.3 Å². The Balaban J connectivity index is 1.92. The van der Waals surface area contributed by atoms with Gasteiger partial charge in [-0.25, -0.2) is 13.4 Å². The number of benzene rings is 1. The van der Waals surface area contributed by atoms with Gasteiger partial charge in [-0.15, -0.1) is 0 Å². The molecule has 0 atom stereocenters. The lowest BCUT2D eigenvalue weighted by Gasteiger charge is -2.09. The molecule has 3 rings (SSSR count). The van der Waals surface area contributed by atoms with Crippen LogP contribution >= 0.6 is 43.2 Å². The zero-order chi connectivity index (χ0) is 15.0. The first-order valence-corrected chi connectivity index (χ1v) is 10.0. The molecule has 0 saturated heterocycles. The monoisotopic (exact) mass is 451 g/mol. The Kier molecular flexibility index (Phi) is 4.37. The Morgan fingerprint density at radius 3 is 2.90 bits per heavy atom. The van der Waals surface area contributed by atoms with Crippen molar-refractivity contribution in [1.29, 1.82) is 0 Å². The fraction of sp³-hybridized carbons (Fsp3) is 0.250. The SMILES string of the molecule is O=S(=O)(Nc1nc2c(s1)CNCC2)c1cc(Br)ccc1Br. The molecule has 0 fully saturated rings. The third-order valence-electron chi connectivity index (χ3n) is 3.01. The average molecular weight is 453 g/mol. The molecule has 1 aromatic heterocycles. The maximum Gasteiger partial charge on any atom is 0.264 e. The van der Waals surface area contributed by atoms with E-state index in [9.17, 15) is 8.42 Å². The molecule has 0 bridgehead atoms. The summed E-state index contributed by atoms with van der Waals surface area (Å²) in [6, 6.07) is 5.02. The average Bonchev–Trinajstić information content (AvgIpc) is 2.82. The van der Waals surface area contributed by atoms with E-state index in [1.807, 2.05) is 0 Å². The molecule has 1 aliphatic heterocycles. The molecule has 112 valence electrons. The normalized spacial score (nSPS) is 14.8. The molecular weight excluding hydrogens is 442 g/mol. The van der Waals surface area contributed by atoms with E-state index in [1.54, 1.807) is 18.2 Å². The van der Waals surface area contributed by atoms with Crippen molar-refractivity contribution in [2.75, 3.05) is 11.3 Å². The van der Waals surface area contributed by atoms with Gasteiger partial charge in [0.15, 0.2) is 5.13 Å². The van der Waals surface area contributed by atoms with Crippen LogP contribution in [0, 0.1) is 0 Å². The van der Waals surface area contributed by atoms with Gasteiger partial charge in [-0.1, -0.05) is 27.3 Å². The summed E-state index contributed by atoms with van der Waals surface area (Å²) in [6.45, 7) is 1.62. The highest BCUT2D eigenvalue weighted by Crippen LogP contribution is 2.30. The molecule has 2 aromatic rings. The molecule has 2 N–H and O–H groups in total. The lowest BCUT2D eigenvalue weighted by Crippen LogP contribution is -2.22. The zero-order valence-corrected chi connectivity index (χ0v) is 15.5. The van der Waals surface area contributed by atoms with Gasteiger partial charge in [0.1, 0.15) is 4.90 Å². The fourth-order valence-corrected chi connectivity index (χ4v) is 5.74. The smallest absolute Gasteiger partial charge is 0.264 e. The minimum Gasteiger partial charge on any atom is -0.311 e. The van der Waals surface area contributed by atoms with Gasteiger partial charge in [0.2, 0.25) is 0 Å². The second kappa shape index (κ2) is 5.96. The van der Waals surface area contributed by atoms with E-state index in [4.69, 9.17) is 0 Å². The number of halogens is 2. The van der Waals surface area contributed by atoms with Crippen LogP contribution in [0.1, 0.15) is 10.6 Å². The summed E-state index contributed by atoms with van der Waals surface area (Å²) in [5, 5.41) is 3.66. The van der Waals surface area contributed by atoms with Gasteiger partial charge in [0.25, 0.3) is 10.0 Å². The third kappa shape index (κ3) is 3.31. The topological polar surface area (TPSA) is 71.1 Å². The van der Waals surface area contributed by atoms with E-state index in [2.05, 4.69) is 46.9 Å². The number of hydrogen-bond acceptors (Lipinski definition) is 5. The summed E-state index contributed by atoms with van der Waals surface area (Å²) in [5.41, 5.74) is 0.977. The first-order valence-electron chi connectivity index (χ1n) is 6.13. The highest BCUT2D eigenvalue weighted by molar-refractivity contribution is 9.11. The molecule has 9 heteroatoms. The van der Waals surface area contributed by atoms with Gasteiger partial charge in [0.05, 0.1) is 5.69 Å². The van der Waals surface area contributed by atoms with E-state index in [0.717, 1.165) is 30.1 Å². The second-order valence-corrected chi connectivity index (χ2v) is 9.00. The van der Waals surface area contributed by atoms with Crippen molar-refractivity contribution in [3.8, 4) is 0 Å². The second-order valence-electron chi connectivity index (χ2n) is 4.50. The number of hydrogen-bond donors (Lipinski definition) is 2. The van der Waals surface area contributed by atoms with Gasteiger partial charge in [-0.2, -0.15) is 0 Å². The zero-order valence-electron chi connectivity index (χ0n) is 10.7. The predicted octanol–water partition coefficient (Wildman–Crippen LogP) is 3.11. The van der Waals surface area contributed by atoms with Gasteiger partial charge < -0.3 is 5.32 Å². The van der Waals surface area contributed by atoms with Crippen LogP contribution in [0.3, 0.4) is 0 Å². The fourth-order valence-electron chi connectivity index (χ4n) is 2.02. The van der Waals surface area contributed by atoms with E-state index >= 15 is 0 Å². The predicted molar refractivity (Wildman–Crippen MR) is 90.2 cm³/mol. The Bertz CT molecular complexity index is 766. The molecule has 0 saturated carbocycles. The van der Waals surface area contributed by atoms with E-state index < -0.39 is 10.0 Å². The van der Waals surface area contributed by atoms with Crippen LogP contribution in [0.4, 0.5) is 5.13 Å². The molecule has 5 nitrogen and oxygen atoms in total. The third-order valence-corrected chi connectivity index (χ3v) is 6.98. The minimum absolute atomic E-state index is 0.183. The number of anilines is 1. The van der Waals surface area contributed by atoms with Crippen molar-refractivity contribution < 1.29 is 8.42 Å². The minimum atomic E-state index is -3.67. The lowest BCUT2D eigenvalue weighted by atomic mass is 10.2. The van der Waals surface area contributed by atoms with E-state index in [1.165, 1.54) is 11.3 Å². The molecule has 21 heavy (non-hydrogen) atoms. The molecular formula is C12H11Br2N3O2S2. The summed E-state index contributed by atoms with van der Waals surface area (Å²) in [6.07, 6.45) is 0.828.